The van der Waals surface area contributed by atoms with Gasteiger partial charge < -0.3 is 5.32 Å². The summed E-state index contributed by atoms with van der Waals surface area (Å²) in [4.78, 5) is 0. The van der Waals surface area contributed by atoms with Crippen LogP contribution in [0.1, 0.15) is 12.5 Å². The van der Waals surface area contributed by atoms with E-state index in [0.717, 1.165) is 18.7 Å². The number of nitrogens with one attached hydrogen (secondary N) is 1. The van der Waals surface area contributed by atoms with Gasteiger partial charge in [0, 0.05) is 12.2 Å². The van der Waals surface area contributed by atoms with Crippen LogP contribution in [0.5, 0.6) is 0 Å². The van der Waals surface area contributed by atoms with Gasteiger partial charge in [0.05, 0.1) is 10.0 Å². The first kappa shape index (κ1) is 9.17. The van der Waals surface area contributed by atoms with E-state index in [1.54, 1.807) is 0 Å². The van der Waals surface area contributed by atoms with Crippen molar-refractivity contribution >= 4 is 28.9 Å². The number of hydrogen-bond acceptors (Lipinski definition) is 1. The molecule has 0 saturated carbocycles. The minimum absolute atomic E-state index is 0.627. The Balaban J connectivity index is 2.43. The fourth-order valence-electron chi connectivity index (χ4n) is 1.65. The van der Waals surface area contributed by atoms with Crippen LogP contribution >= 0.6 is 23.2 Å². The number of hydrogen-bond donors (Lipinski definition) is 1. The van der Waals surface area contributed by atoms with Gasteiger partial charge in [-0.3, -0.25) is 0 Å². The fourth-order valence-corrected chi connectivity index (χ4v) is 2.00. The molecule has 70 valence electrons. The zero-order chi connectivity index (χ0) is 9.42. The standard InChI is InChI=1S/C10H11Cl2N/c1-6-2-7-3-8(11)9(12)4-10(7)13-5-6/h3-4,6,13H,2,5H2,1H3. The third-order valence-corrected chi connectivity index (χ3v) is 3.08. The first-order valence-corrected chi connectivity index (χ1v) is 5.14. The number of rotatable bonds is 0. The van der Waals surface area contributed by atoms with Crippen LogP contribution in [0.2, 0.25) is 10.0 Å². The van der Waals surface area contributed by atoms with E-state index < -0.39 is 0 Å². The average molecular weight is 216 g/mol. The minimum atomic E-state index is 0.627. The second-order valence-electron chi connectivity index (χ2n) is 3.61. The van der Waals surface area contributed by atoms with Gasteiger partial charge in [-0.25, -0.2) is 0 Å². The second kappa shape index (κ2) is 3.39. The van der Waals surface area contributed by atoms with Crippen LogP contribution in [0.15, 0.2) is 12.1 Å². The van der Waals surface area contributed by atoms with Gasteiger partial charge >= 0.3 is 0 Å². The number of anilines is 1. The summed E-state index contributed by atoms with van der Waals surface area (Å²) in [6, 6.07) is 3.87. The van der Waals surface area contributed by atoms with Crippen molar-refractivity contribution in [3.8, 4) is 0 Å². The average Bonchev–Trinajstić information content (AvgIpc) is 2.08. The molecule has 1 atom stereocenters. The molecule has 0 saturated heterocycles. The molecule has 0 spiro atoms. The lowest BCUT2D eigenvalue weighted by Crippen LogP contribution is -2.20. The molecule has 2 rings (SSSR count). The summed E-state index contributed by atoms with van der Waals surface area (Å²) in [5.41, 5.74) is 2.40. The van der Waals surface area contributed by atoms with E-state index in [0.29, 0.717) is 16.0 Å². The lowest BCUT2D eigenvalue weighted by molar-refractivity contribution is 0.595. The molecule has 1 N–H and O–H groups in total. The van der Waals surface area contributed by atoms with Gasteiger partial charge in [0.15, 0.2) is 0 Å². The lowest BCUT2D eigenvalue weighted by Gasteiger charge is -2.23. The summed E-state index contributed by atoms with van der Waals surface area (Å²) in [5, 5.41) is 4.61. The summed E-state index contributed by atoms with van der Waals surface area (Å²) < 4.78 is 0. The Labute approximate surface area is 88.0 Å². The van der Waals surface area contributed by atoms with Crippen molar-refractivity contribution in [3.05, 3.63) is 27.7 Å². The molecule has 1 aromatic carbocycles. The molecule has 0 fully saturated rings. The molecule has 1 unspecified atom stereocenters. The molecular formula is C10H11Cl2N. The van der Waals surface area contributed by atoms with Gasteiger partial charge in [-0.05, 0) is 30.0 Å². The van der Waals surface area contributed by atoms with Gasteiger partial charge in [-0.1, -0.05) is 30.1 Å². The van der Waals surface area contributed by atoms with E-state index in [1.807, 2.05) is 12.1 Å². The number of fused-ring (bicyclic) bond motifs is 1. The summed E-state index contributed by atoms with van der Waals surface area (Å²) in [5.74, 6) is 0.671. The molecule has 0 aromatic heterocycles. The largest absolute Gasteiger partial charge is 0.385 e. The second-order valence-corrected chi connectivity index (χ2v) is 4.43. The van der Waals surface area contributed by atoms with Crippen LogP contribution in [-0.4, -0.2) is 6.54 Å². The van der Waals surface area contributed by atoms with Crippen LogP contribution in [-0.2, 0) is 6.42 Å². The molecule has 3 heteroatoms. The van der Waals surface area contributed by atoms with E-state index in [4.69, 9.17) is 23.2 Å². The van der Waals surface area contributed by atoms with Crippen LogP contribution in [0.4, 0.5) is 5.69 Å². The quantitative estimate of drug-likeness (QED) is 0.698. The molecule has 1 aliphatic heterocycles. The summed E-state index contributed by atoms with van der Waals surface area (Å²) >= 11 is 11.8. The molecule has 1 heterocycles. The zero-order valence-electron chi connectivity index (χ0n) is 7.40. The number of benzene rings is 1. The zero-order valence-corrected chi connectivity index (χ0v) is 8.91. The predicted octanol–water partition coefficient (Wildman–Crippen LogP) is 3.60. The Morgan fingerprint density at radius 2 is 2.00 bits per heavy atom. The normalized spacial score (nSPS) is 20.7. The molecular weight excluding hydrogens is 205 g/mol. The van der Waals surface area contributed by atoms with Crippen LogP contribution in [0.3, 0.4) is 0 Å². The van der Waals surface area contributed by atoms with Crippen molar-refractivity contribution in [2.75, 3.05) is 11.9 Å². The molecule has 1 nitrogen and oxygen atoms in total. The van der Waals surface area contributed by atoms with E-state index >= 15 is 0 Å². The molecule has 0 bridgehead atoms. The Hall–Kier alpha value is -0.400. The minimum Gasteiger partial charge on any atom is -0.385 e. The predicted molar refractivity (Wildman–Crippen MR) is 57.8 cm³/mol. The summed E-state index contributed by atoms with van der Waals surface area (Å²) in [6.45, 7) is 3.24. The van der Waals surface area contributed by atoms with Crippen molar-refractivity contribution in [2.24, 2.45) is 5.92 Å². The Morgan fingerprint density at radius 1 is 1.31 bits per heavy atom. The van der Waals surface area contributed by atoms with Crippen molar-refractivity contribution < 1.29 is 0 Å². The highest BCUT2D eigenvalue weighted by Crippen LogP contribution is 2.32. The fraction of sp³-hybridized carbons (Fsp3) is 0.400. The summed E-state index contributed by atoms with van der Waals surface area (Å²) in [7, 11) is 0. The van der Waals surface area contributed by atoms with Crippen LogP contribution in [0.25, 0.3) is 0 Å². The molecule has 1 aliphatic rings. The molecule has 1 aromatic rings. The summed E-state index contributed by atoms with van der Waals surface area (Å²) in [6.07, 6.45) is 1.08. The molecule has 13 heavy (non-hydrogen) atoms. The highest BCUT2D eigenvalue weighted by atomic mass is 35.5. The van der Waals surface area contributed by atoms with Crippen LogP contribution in [0, 0.1) is 5.92 Å². The van der Waals surface area contributed by atoms with E-state index in [1.165, 1.54) is 5.56 Å². The smallest absolute Gasteiger partial charge is 0.0613 e. The number of halogens is 2. The Bertz CT molecular complexity index is 336. The molecule has 0 aliphatic carbocycles. The topological polar surface area (TPSA) is 12.0 Å². The van der Waals surface area contributed by atoms with E-state index in [2.05, 4.69) is 12.2 Å². The maximum Gasteiger partial charge on any atom is 0.0613 e. The van der Waals surface area contributed by atoms with E-state index in [9.17, 15) is 0 Å². The van der Waals surface area contributed by atoms with Gasteiger partial charge in [0.25, 0.3) is 0 Å². The van der Waals surface area contributed by atoms with Gasteiger partial charge in [0.1, 0.15) is 0 Å². The van der Waals surface area contributed by atoms with Gasteiger partial charge in [0.2, 0.25) is 0 Å². The maximum absolute atomic E-state index is 5.93. The van der Waals surface area contributed by atoms with Crippen molar-refractivity contribution in [3.63, 3.8) is 0 Å². The molecule has 0 radical (unpaired) electrons. The highest BCUT2D eigenvalue weighted by Gasteiger charge is 2.15. The van der Waals surface area contributed by atoms with Gasteiger partial charge in [-0.15, -0.1) is 0 Å². The monoisotopic (exact) mass is 215 g/mol. The first-order valence-electron chi connectivity index (χ1n) is 4.38. The first-order chi connectivity index (χ1) is 6.16. The third kappa shape index (κ3) is 1.77. The molecule has 0 amide bonds. The lowest BCUT2D eigenvalue weighted by atomic mass is 9.96. The van der Waals surface area contributed by atoms with Crippen LogP contribution < -0.4 is 5.32 Å². The van der Waals surface area contributed by atoms with Crippen molar-refractivity contribution in [1.29, 1.82) is 0 Å². The van der Waals surface area contributed by atoms with Gasteiger partial charge in [-0.2, -0.15) is 0 Å². The SMILES string of the molecule is CC1CNc2cc(Cl)c(Cl)cc2C1. The Kier molecular flexibility index (Phi) is 2.39. The van der Waals surface area contributed by atoms with E-state index in [-0.39, 0.29) is 0 Å². The van der Waals surface area contributed by atoms with Crippen molar-refractivity contribution in [1.82, 2.24) is 0 Å². The Morgan fingerprint density at radius 3 is 2.77 bits per heavy atom. The third-order valence-electron chi connectivity index (χ3n) is 2.36. The van der Waals surface area contributed by atoms with Crippen molar-refractivity contribution in [2.45, 2.75) is 13.3 Å². The maximum atomic E-state index is 5.93. The highest BCUT2D eigenvalue weighted by molar-refractivity contribution is 6.42.